The third kappa shape index (κ3) is 3.14. The first kappa shape index (κ1) is 20.3. The summed E-state index contributed by atoms with van der Waals surface area (Å²) in [4.78, 5) is 0. The molecule has 0 saturated heterocycles. The maximum Gasteiger partial charge on any atom is 0.191 e. The fourth-order valence-electron chi connectivity index (χ4n) is 5.08. The van der Waals surface area contributed by atoms with Gasteiger partial charge < -0.3 is 10.5 Å². The van der Waals surface area contributed by atoms with Gasteiger partial charge in [-0.1, -0.05) is 48.5 Å². The SMILES string of the molecule is COc1ccc([C@@H]2[C@H]3C[C@@H](c4ccccc4)CC=C3C(C#N)=C(N)C2(C#N)C#N)cc1. The van der Waals surface area contributed by atoms with Crippen LogP contribution in [0.5, 0.6) is 5.75 Å². The Morgan fingerprint density at radius 2 is 1.65 bits per heavy atom. The lowest BCUT2D eigenvalue weighted by Crippen LogP contribution is -2.43. The molecule has 2 aliphatic carbocycles. The lowest BCUT2D eigenvalue weighted by atomic mass is 9.55. The minimum atomic E-state index is -1.61. The molecule has 0 aliphatic heterocycles. The average Bonchev–Trinajstić information content (AvgIpc) is 2.84. The molecule has 4 rings (SSSR count). The topological polar surface area (TPSA) is 107 Å². The van der Waals surface area contributed by atoms with E-state index in [4.69, 9.17) is 10.5 Å². The Bertz CT molecular complexity index is 1160. The molecule has 2 aromatic rings. The van der Waals surface area contributed by atoms with Gasteiger partial charge in [0.25, 0.3) is 0 Å². The van der Waals surface area contributed by atoms with E-state index in [9.17, 15) is 15.8 Å². The lowest BCUT2D eigenvalue weighted by molar-refractivity contribution is 0.302. The summed E-state index contributed by atoms with van der Waals surface area (Å²) in [5.74, 6) is 0.281. The smallest absolute Gasteiger partial charge is 0.191 e. The number of benzene rings is 2. The molecule has 0 heterocycles. The Labute approximate surface area is 182 Å². The summed E-state index contributed by atoms with van der Waals surface area (Å²) in [5.41, 5.74) is 8.01. The van der Waals surface area contributed by atoms with E-state index in [1.54, 1.807) is 7.11 Å². The minimum Gasteiger partial charge on any atom is -0.497 e. The molecule has 0 aromatic heterocycles. The summed E-state index contributed by atoms with van der Waals surface area (Å²) in [6, 6.07) is 24.2. The van der Waals surface area contributed by atoms with Crippen LogP contribution in [0.4, 0.5) is 0 Å². The van der Waals surface area contributed by atoms with Gasteiger partial charge in [0.05, 0.1) is 30.5 Å². The Morgan fingerprint density at radius 1 is 0.968 bits per heavy atom. The molecule has 2 aromatic carbocycles. The maximum atomic E-state index is 10.2. The van der Waals surface area contributed by atoms with Gasteiger partial charge in [-0.2, -0.15) is 15.8 Å². The highest BCUT2D eigenvalue weighted by atomic mass is 16.5. The van der Waals surface area contributed by atoms with Crippen LogP contribution in [0.15, 0.2) is 77.5 Å². The van der Waals surface area contributed by atoms with Crippen molar-refractivity contribution in [3.8, 4) is 24.0 Å². The second-order valence-electron chi connectivity index (χ2n) is 8.03. The summed E-state index contributed by atoms with van der Waals surface area (Å²) in [5, 5.41) is 30.2. The lowest BCUT2D eigenvalue weighted by Gasteiger charge is -2.45. The van der Waals surface area contributed by atoms with Crippen molar-refractivity contribution < 1.29 is 4.74 Å². The van der Waals surface area contributed by atoms with E-state index in [0.29, 0.717) is 5.75 Å². The Kier molecular flexibility index (Phi) is 5.24. The van der Waals surface area contributed by atoms with Crippen LogP contribution in [0.2, 0.25) is 0 Å². The number of ether oxygens (including phenoxy) is 1. The van der Waals surface area contributed by atoms with Crippen LogP contribution in [-0.2, 0) is 0 Å². The first-order valence-electron chi connectivity index (χ1n) is 10.2. The molecule has 0 bridgehead atoms. The summed E-state index contributed by atoms with van der Waals surface area (Å²) in [7, 11) is 1.59. The van der Waals surface area contributed by atoms with Gasteiger partial charge in [-0.05, 0) is 53.5 Å². The fourth-order valence-corrected chi connectivity index (χ4v) is 5.08. The maximum absolute atomic E-state index is 10.2. The number of nitriles is 3. The quantitative estimate of drug-likeness (QED) is 0.796. The van der Waals surface area contributed by atoms with Gasteiger partial charge in [-0.3, -0.25) is 0 Å². The first-order chi connectivity index (χ1) is 15.1. The van der Waals surface area contributed by atoms with Crippen LogP contribution in [0.25, 0.3) is 0 Å². The number of nitrogens with zero attached hydrogens (tertiary/aromatic N) is 3. The second-order valence-corrected chi connectivity index (χ2v) is 8.03. The first-order valence-corrected chi connectivity index (χ1v) is 10.2. The Hall–Kier alpha value is -4.01. The predicted octanol–water partition coefficient (Wildman–Crippen LogP) is 4.68. The normalized spacial score (nSPS) is 24.1. The molecule has 0 radical (unpaired) electrons. The molecule has 2 aliphatic rings. The molecule has 0 unspecified atom stereocenters. The average molecular weight is 406 g/mol. The third-order valence-electron chi connectivity index (χ3n) is 6.62. The molecule has 2 N–H and O–H groups in total. The van der Waals surface area contributed by atoms with Crippen molar-refractivity contribution in [2.24, 2.45) is 17.1 Å². The number of fused-ring (bicyclic) bond motifs is 1. The largest absolute Gasteiger partial charge is 0.497 e. The zero-order valence-corrected chi connectivity index (χ0v) is 17.2. The highest BCUT2D eigenvalue weighted by molar-refractivity contribution is 5.59. The van der Waals surface area contributed by atoms with E-state index in [-0.39, 0.29) is 23.1 Å². The molecule has 0 amide bonds. The van der Waals surface area contributed by atoms with E-state index in [1.165, 1.54) is 5.56 Å². The van der Waals surface area contributed by atoms with E-state index in [1.807, 2.05) is 42.5 Å². The van der Waals surface area contributed by atoms with Crippen LogP contribution in [-0.4, -0.2) is 7.11 Å². The molecule has 3 atom stereocenters. The summed E-state index contributed by atoms with van der Waals surface area (Å²) in [6.07, 6.45) is 3.60. The van der Waals surface area contributed by atoms with Gasteiger partial charge in [0.2, 0.25) is 0 Å². The van der Waals surface area contributed by atoms with E-state index in [0.717, 1.165) is 24.0 Å². The summed E-state index contributed by atoms with van der Waals surface area (Å²) >= 11 is 0. The number of hydrogen-bond acceptors (Lipinski definition) is 5. The number of methoxy groups -OCH3 is 1. The zero-order chi connectivity index (χ0) is 22.0. The second kappa shape index (κ2) is 8.02. The monoisotopic (exact) mass is 406 g/mol. The highest BCUT2D eigenvalue weighted by Crippen LogP contribution is 2.57. The molecule has 0 saturated carbocycles. The van der Waals surface area contributed by atoms with Crippen LogP contribution >= 0.6 is 0 Å². The van der Waals surface area contributed by atoms with Crippen molar-refractivity contribution in [3.63, 3.8) is 0 Å². The third-order valence-corrected chi connectivity index (χ3v) is 6.62. The fraction of sp³-hybridized carbons (Fsp3) is 0.269. The highest BCUT2D eigenvalue weighted by Gasteiger charge is 2.54. The zero-order valence-electron chi connectivity index (χ0n) is 17.2. The number of allylic oxidation sites excluding steroid dienone is 4. The summed E-state index contributed by atoms with van der Waals surface area (Å²) < 4.78 is 5.28. The van der Waals surface area contributed by atoms with Crippen molar-refractivity contribution in [2.75, 3.05) is 7.11 Å². The molecule has 152 valence electrons. The predicted molar refractivity (Wildman–Crippen MR) is 116 cm³/mol. The Balaban J connectivity index is 1.91. The number of rotatable bonds is 3. The van der Waals surface area contributed by atoms with E-state index < -0.39 is 11.3 Å². The van der Waals surface area contributed by atoms with Gasteiger partial charge in [0, 0.05) is 5.92 Å². The van der Waals surface area contributed by atoms with Gasteiger partial charge in [0.1, 0.15) is 11.8 Å². The van der Waals surface area contributed by atoms with Crippen molar-refractivity contribution in [3.05, 3.63) is 88.6 Å². The summed E-state index contributed by atoms with van der Waals surface area (Å²) in [6.45, 7) is 0. The molecule has 5 heteroatoms. The van der Waals surface area contributed by atoms with Crippen LogP contribution < -0.4 is 10.5 Å². The molecule has 0 fully saturated rings. The van der Waals surface area contributed by atoms with E-state index >= 15 is 0 Å². The van der Waals surface area contributed by atoms with Gasteiger partial charge in [-0.25, -0.2) is 0 Å². The molecule has 31 heavy (non-hydrogen) atoms. The Morgan fingerprint density at radius 3 is 2.23 bits per heavy atom. The minimum absolute atomic E-state index is 0.0569. The molecular weight excluding hydrogens is 384 g/mol. The van der Waals surface area contributed by atoms with E-state index in [2.05, 4.69) is 36.4 Å². The number of nitrogens with two attached hydrogens (primary N) is 1. The van der Waals surface area contributed by atoms with Crippen LogP contribution in [0.3, 0.4) is 0 Å². The molecular formula is C26H22N4O. The van der Waals surface area contributed by atoms with Crippen molar-refractivity contribution in [1.29, 1.82) is 15.8 Å². The van der Waals surface area contributed by atoms with Crippen molar-refractivity contribution in [1.82, 2.24) is 0 Å². The molecule has 5 nitrogen and oxygen atoms in total. The number of hydrogen-bond donors (Lipinski definition) is 1. The van der Waals surface area contributed by atoms with Crippen molar-refractivity contribution in [2.45, 2.75) is 24.7 Å². The molecule has 0 spiro atoms. The van der Waals surface area contributed by atoms with Crippen LogP contribution in [0, 0.1) is 45.3 Å². The van der Waals surface area contributed by atoms with Crippen LogP contribution in [0.1, 0.15) is 35.8 Å². The standard InChI is InChI=1S/C26H22N4O/c1-31-20-10-7-18(8-11-20)24-22-13-19(17-5-3-2-4-6-17)9-12-21(22)23(14-27)25(30)26(24,15-28)16-29/h2-8,10-12,19,22,24H,9,13,30H2,1H3/t19-,22-,24+/m0/s1. The van der Waals surface area contributed by atoms with Gasteiger partial charge in [0.15, 0.2) is 5.41 Å². The van der Waals surface area contributed by atoms with Crippen molar-refractivity contribution >= 4 is 0 Å². The van der Waals surface area contributed by atoms with Gasteiger partial charge in [-0.15, -0.1) is 0 Å². The van der Waals surface area contributed by atoms with Gasteiger partial charge >= 0.3 is 0 Å².